The molecule has 1 aliphatic carbocycles. The molecule has 35 heavy (non-hydrogen) atoms. The van der Waals surface area contributed by atoms with Gasteiger partial charge in [-0.05, 0) is 49.1 Å². The maximum atomic E-state index is 13.9. The first-order valence-corrected chi connectivity index (χ1v) is 12.0. The molecular formula is C28H25ClFN3O2. The van der Waals surface area contributed by atoms with Crippen LogP contribution in [0, 0.1) is 11.7 Å². The largest absolute Gasteiger partial charge is 0.437 e. The molecule has 1 amide bonds. The number of aromatic nitrogens is 2. The van der Waals surface area contributed by atoms with Crippen LogP contribution in [0.3, 0.4) is 0 Å². The van der Waals surface area contributed by atoms with Gasteiger partial charge in [-0.1, -0.05) is 60.1 Å². The number of hydrogen-bond donors (Lipinski definition) is 0. The lowest BCUT2D eigenvalue weighted by Crippen LogP contribution is -2.32. The molecule has 1 fully saturated rings. The second-order valence-electron chi connectivity index (χ2n) is 8.79. The lowest BCUT2D eigenvalue weighted by molar-refractivity contribution is 0.0733. The van der Waals surface area contributed by atoms with Gasteiger partial charge in [0.2, 0.25) is 5.88 Å². The molecule has 1 aromatic heterocycles. The molecule has 4 aromatic rings. The van der Waals surface area contributed by atoms with E-state index in [2.05, 4.69) is 0 Å². The maximum absolute atomic E-state index is 13.9. The molecule has 0 radical (unpaired) electrons. The predicted octanol–water partition coefficient (Wildman–Crippen LogP) is 6.72. The van der Waals surface area contributed by atoms with Crippen molar-refractivity contribution in [3.63, 3.8) is 0 Å². The quantitative estimate of drug-likeness (QED) is 0.276. The van der Waals surface area contributed by atoms with Crippen LogP contribution < -0.4 is 4.74 Å². The van der Waals surface area contributed by atoms with E-state index in [1.54, 1.807) is 33.8 Å². The number of amides is 1. The number of benzene rings is 3. The first-order chi connectivity index (χ1) is 17.0. The minimum atomic E-state index is -0.434. The summed E-state index contributed by atoms with van der Waals surface area (Å²) < 4.78 is 21.8. The molecule has 0 atom stereocenters. The number of hydrogen-bond acceptors (Lipinski definition) is 3. The van der Waals surface area contributed by atoms with Crippen molar-refractivity contribution < 1.29 is 13.9 Å². The van der Waals surface area contributed by atoms with Crippen LogP contribution in [0.4, 0.5) is 4.39 Å². The van der Waals surface area contributed by atoms with Gasteiger partial charge in [0.05, 0.1) is 17.1 Å². The summed E-state index contributed by atoms with van der Waals surface area (Å²) in [6.07, 6.45) is 2.16. The lowest BCUT2D eigenvalue weighted by atomic mass is 10.1. The molecule has 0 spiro atoms. The van der Waals surface area contributed by atoms with E-state index >= 15 is 0 Å². The van der Waals surface area contributed by atoms with E-state index in [0.717, 1.165) is 29.7 Å². The molecule has 0 saturated heterocycles. The molecule has 5 nitrogen and oxygen atoms in total. The first kappa shape index (κ1) is 23.1. The molecule has 0 bridgehead atoms. The van der Waals surface area contributed by atoms with Gasteiger partial charge < -0.3 is 9.64 Å². The highest BCUT2D eigenvalue weighted by Crippen LogP contribution is 2.38. The maximum Gasteiger partial charge on any atom is 0.254 e. The van der Waals surface area contributed by atoms with Crippen LogP contribution in [0.25, 0.3) is 11.3 Å². The highest BCUT2D eigenvalue weighted by atomic mass is 35.5. The average molecular weight is 490 g/mol. The molecule has 0 N–H and O–H groups in total. The zero-order valence-corrected chi connectivity index (χ0v) is 20.1. The van der Waals surface area contributed by atoms with Gasteiger partial charge >= 0.3 is 0 Å². The highest BCUT2D eigenvalue weighted by molar-refractivity contribution is 6.32. The molecule has 1 aliphatic rings. The number of carbonyl (C=O) groups excluding carboxylic acids is 1. The summed E-state index contributed by atoms with van der Waals surface area (Å²) in [4.78, 5) is 15.3. The van der Waals surface area contributed by atoms with Crippen molar-refractivity contribution in [2.45, 2.75) is 19.4 Å². The topological polar surface area (TPSA) is 47.4 Å². The third-order valence-electron chi connectivity index (χ3n) is 6.06. The second kappa shape index (κ2) is 9.92. The Hall–Kier alpha value is -3.64. The standard InChI is InChI=1S/C28H25ClFN3O2/c1-32-28(35-25-13-6-5-12-24(25)29)23(26(31-32)20-8-3-2-4-9-20)18-33(17-19-14-15-19)27(34)21-10-7-11-22(30)16-21/h2-13,16,19H,14-15,17-18H2,1H3. The fourth-order valence-corrected chi connectivity index (χ4v) is 4.28. The summed E-state index contributed by atoms with van der Waals surface area (Å²) in [5, 5.41) is 5.23. The molecule has 0 aliphatic heterocycles. The van der Waals surface area contributed by atoms with Crippen molar-refractivity contribution in [1.82, 2.24) is 14.7 Å². The Morgan fingerprint density at radius 1 is 1.09 bits per heavy atom. The van der Waals surface area contributed by atoms with Crippen LogP contribution in [0.15, 0.2) is 78.9 Å². The van der Waals surface area contributed by atoms with E-state index in [1.165, 1.54) is 12.1 Å². The monoisotopic (exact) mass is 489 g/mol. The van der Waals surface area contributed by atoms with Gasteiger partial charge in [0.25, 0.3) is 5.91 Å². The van der Waals surface area contributed by atoms with Gasteiger partial charge in [0, 0.05) is 24.7 Å². The molecule has 1 saturated carbocycles. The summed E-state index contributed by atoms with van der Waals surface area (Å²) >= 11 is 6.38. The van der Waals surface area contributed by atoms with E-state index in [0.29, 0.717) is 34.7 Å². The van der Waals surface area contributed by atoms with Crippen LogP contribution in [-0.4, -0.2) is 27.1 Å². The SMILES string of the molecule is Cn1nc(-c2ccccc2)c(CN(CC2CC2)C(=O)c2cccc(F)c2)c1Oc1ccccc1Cl. The minimum Gasteiger partial charge on any atom is -0.437 e. The number of aryl methyl sites for hydroxylation is 1. The fraction of sp³-hybridized carbons (Fsp3) is 0.214. The highest BCUT2D eigenvalue weighted by Gasteiger charge is 2.30. The van der Waals surface area contributed by atoms with Crippen molar-refractivity contribution >= 4 is 17.5 Å². The molecule has 7 heteroatoms. The Bertz CT molecular complexity index is 1350. The van der Waals surface area contributed by atoms with Gasteiger partial charge in [-0.2, -0.15) is 5.10 Å². The average Bonchev–Trinajstić information content (AvgIpc) is 3.64. The van der Waals surface area contributed by atoms with Crippen LogP contribution in [0.1, 0.15) is 28.8 Å². The zero-order chi connectivity index (χ0) is 24.4. The van der Waals surface area contributed by atoms with Gasteiger partial charge in [-0.3, -0.25) is 4.79 Å². The Morgan fingerprint density at radius 2 is 1.83 bits per heavy atom. The number of ether oxygens (including phenoxy) is 1. The van der Waals surface area contributed by atoms with Gasteiger partial charge in [0.15, 0.2) is 0 Å². The molecule has 178 valence electrons. The number of para-hydroxylation sites is 1. The summed E-state index contributed by atoms with van der Waals surface area (Å²) in [6, 6.07) is 22.9. The first-order valence-electron chi connectivity index (χ1n) is 11.6. The fourth-order valence-electron chi connectivity index (χ4n) is 4.11. The number of halogens is 2. The summed E-state index contributed by atoms with van der Waals surface area (Å²) in [5.41, 5.74) is 2.73. The van der Waals surface area contributed by atoms with Crippen molar-refractivity contribution in [3.05, 3.63) is 101 Å². The predicted molar refractivity (Wildman–Crippen MR) is 134 cm³/mol. The zero-order valence-electron chi connectivity index (χ0n) is 19.3. The van der Waals surface area contributed by atoms with Crippen LogP contribution >= 0.6 is 11.6 Å². The number of nitrogens with zero attached hydrogens (tertiary/aromatic N) is 3. The van der Waals surface area contributed by atoms with Gasteiger partial charge in [0.1, 0.15) is 17.3 Å². The van der Waals surface area contributed by atoms with Crippen LogP contribution in [-0.2, 0) is 13.6 Å². The Kier molecular flexibility index (Phi) is 6.55. The van der Waals surface area contributed by atoms with Crippen molar-refractivity contribution in [2.75, 3.05) is 6.54 Å². The number of rotatable bonds is 8. The van der Waals surface area contributed by atoms with E-state index in [-0.39, 0.29) is 12.5 Å². The number of carbonyl (C=O) groups is 1. The summed E-state index contributed by atoms with van der Waals surface area (Å²) in [7, 11) is 1.81. The van der Waals surface area contributed by atoms with E-state index in [1.807, 2.05) is 49.5 Å². The van der Waals surface area contributed by atoms with Crippen molar-refractivity contribution in [2.24, 2.45) is 13.0 Å². The third-order valence-corrected chi connectivity index (χ3v) is 6.37. The van der Waals surface area contributed by atoms with E-state index in [4.69, 9.17) is 21.4 Å². The summed E-state index contributed by atoms with van der Waals surface area (Å²) in [5.74, 6) is 0.796. The van der Waals surface area contributed by atoms with E-state index in [9.17, 15) is 9.18 Å². The van der Waals surface area contributed by atoms with Gasteiger partial charge in [-0.25, -0.2) is 9.07 Å². The molecule has 5 rings (SSSR count). The Labute approximate surface area is 208 Å². The summed E-state index contributed by atoms with van der Waals surface area (Å²) in [6.45, 7) is 0.855. The molecule has 0 unspecified atom stereocenters. The molecular weight excluding hydrogens is 465 g/mol. The molecule has 3 aromatic carbocycles. The van der Waals surface area contributed by atoms with Crippen molar-refractivity contribution in [3.8, 4) is 22.9 Å². The lowest BCUT2D eigenvalue weighted by Gasteiger charge is -2.24. The Balaban J connectivity index is 1.57. The van der Waals surface area contributed by atoms with Crippen molar-refractivity contribution in [1.29, 1.82) is 0 Å². The Morgan fingerprint density at radius 3 is 2.54 bits per heavy atom. The van der Waals surface area contributed by atoms with Crippen LogP contribution in [0.2, 0.25) is 5.02 Å². The smallest absolute Gasteiger partial charge is 0.254 e. The third kappa shape index (κ3) is 5.23. The van der Waals surface area contributed by atoms with E-state index < -0.39 is 5.82 Å². The molecule has 1 heterocycles. The second-order valence-corrected chi connectivity index (χ2v) is 9.20. The van der Waals surface area contributed by atoms with Crippen LogP contribution in [0.5, 0.6) is 11.6 Å². The normalized spacial score (nSPS) is 13.0. The minimum absolute atomic E-state index is 0.219. The van der Waals surface area contributed by atoms with Gasteiger partial charge in [-0.15, -0.1) is 0 Å².